The molecule has 0 aliphatic heterocycles. The molecule has 0 saturated heterocycles. The fourth-order valence-corrected chi connectivity index (χ4v) is 3.96. The van der Waals surface area contributed by atoms with Crippen LogP contribution in [0.3, 0.4) is 0 Å². The van der Waals surface area contributed by atoms with E-state index in [2.05, 4.69) is 10.1 Å². The number of rotatable bonds is 21. The second-order valence-corrected chi connectivity index (χ2v) is 10.7. The summed E-state index contributed by atoms with van der Waals surface area (Å²) in [5.74, 6) is -27.4. The first-order valence-corrected chi connectivity index (χ1v) is 15.3. The summed E-state index contributed by atoms with van der Waals surface area (Å²) in [6.07, 6.45) is 0.495. The Kier molecular flexibility index (Phi) is 17.3. The Morgan fingerprint density at radius 2 is 1.10 bits per heavy atom. The van der Waals surface area contributed by atoms with E-state index in [4.69, 9.17) is 9.47 Å². The van der Waals surface area contributed by atoms with Crippen LogP contribution in [0.15, 0.2) is 30.0 Å². The second-order valence-electron chi connectivity index (χ2n) is 10.7. The van der Waals surface area contributed by atoms with Crippen LogP contribution in [0.1, 0.15) is 90.9 Å². The molecule has 0 heterocycles. The number of nitrogens with one attached hydrogen (secondary N) is 2. The first-order valence-electron chi connectivity index (χ1n) is 15.3. The summed E-state index contributed by atoms with van der Waals surface area (Å²) in [6, 6.07) is -0.945. The average molecular weight is 717 g/mol. The van der Waals surface area contributed by atoms with Crippen molar-refractivity contribution in [2.24, 2.45) is 0 Å². The van der Waals surface area contributed by atoms with Gasteiger partial charge in [0, 0.05) is 11.8 Å². The minimum absolute atomic E-state index is 0.0279. The lowest BCUT2D eigenvalue weighted by Gasteiger charge is -2.32. The van der Waals surface area contributed by atoms with Gasteiger partial charge in [-0.15, -0.1) is 0 Å². The van der Waals surface area contributed by atoms with E-state index in [9.17, 15) is 57.9 Å². The zero-order valence-electron chi connectivity index (χ0n) is 26.3. The molecule has 48 heavy (non-hydrogen) atoms. The fourth-order valence-electron chi connectivity index (χ4n) is 3.96. The van der Waals surface area contributed by atoms with Crippen LogP contribution in [0.25, 0.3) is 0 Å². The van der Waals surface area contributed by atoms with Gasteiger partial charge in [-0.05, 0) is 25.0 Å². The maximum atomic E-state index is 14.5. The Labute approximate surface area is 270 Å². The highest BCUT2D eigenvalue weighted by Crippen LogP contribution is 2.56. The molecule has 0 aliphatic rings. The normalized spacial score (nSPS) is 13.1. The van der Waals surface area contributed by atoms with E-state index < -0.39 is 59.4 Å². The minimum Gasteiger partial charge on any atom is -0.449 e. The number of benzene rings is 1. The third-order valence-corrected chi connectivity index (χ3v) is 6.72. The summed E-state index contributed by atoms with van der Waals surface area (Å²) in [5, 5.41) is 4.10. The van der Waals surface area contributed by atoms with E-state index in [0.29, 0.717) is 25.3 Å². The Bertz CT molecular complexity index is 1190. The van der Waals surface area contributed by atoms with E-state index >= 15 is 0 Å². The van der Waals surface area contributed by atoms with Crippen LogP contribution < -0.4 is 15.4 Å². The molecule has 0 aromatic heterocycles. The predicted octanol–water partition coefficient (Wildman–Crippen LogP) is 11.5. The molecular formula is C30H39F11N2O5. The van der Waals surface area contributed by atoms with Gasteiger partial charge in [-0.25, -0.2) is 9.59 Å². The number of unbranched alkanes of at least 4 members (excludes halogenated alkanes) is 10. The van der Waals surface area contributed by atoms with Crippen LogP contribution in [0.2, 0.25) is 0 Å². The van der Waals surface area contributed by atoms with Gasteiger partial charge in [-0.1, -0.05) is 78.1 Å². The van der Waals surface area contributed by atoms with Gasteiger partial charge in [0.05, 0.1) is 18.9 Å². The summed E-state index contributed by atoms with van der Waals surface area (Å²) in [6.45, 7) is 3.90. The molecule has 1 rings (SSSR count). The highest BCUT2D eigenvalue weighted by molar-refractivity contribution is 5.89. The summed E-state index contributed by atoms with van der Waals surface area (Å²) >= 11 is 0. The Hall–Kier alpha value is -3.47. The highest BCUT2D eigenvalue weighted by Gasteiger charge is 2.83. The van der Waals surface area contributed by atoms with E-state index in [-0.39, 0.29) is 18.9 Å². The number of amides is 2. The molecule has 1 aromatic carbocycles. The fraction of sp³-hybridized carbons (Fsp3) is 0.667. The van der Waals surface area contributed by atoms with Crippen molar-refractivity contribution in [3.63, 3.8) is 0 Å². The van der Waals surface area contributed by atoms with Crippen LogP contribution in [-0.2, 0) is 9.47 Å². The molecule has 0 saturated carbocycles. The minimum atomic E-state index is -7.52. The lowest BCUT2D eigenvalue weighted by molar-refractivity contribution is -0.392. The third-order valence-electron chi connectivity index (χ3n) is 6.72. The zero-order chi connectivity index (χ0) is 36.6. The van der Waals surface area contributed by atoms with Gasteiger partial charge in [0.1, 0.15) is 0 Å². The standard InChI is InChI=1S/C30H39F11N2O5/c1-3-5-7-9-11-13-17-46-25(44)42-20-15-16-21(43-26(45)47-18-14-12-10-8-6-4-2)22(19-20)48-24(32)23(31)27(33,34)28(35,36)29(37,38)30(39,40)41/h15-16,19H,3-14,17-18H2,1-2H3,(H,42,44)(H,43,45). The molecule has 276 valence electrons. The highest BCUT2D eigenvalue weighted by atomic mass is 19.4. The average Bonchev–Trinajstić information content (AvgIpc) is 3.00. The second kappa shape index (κ2) is 19.5. The maximum absolute atomic E-state index is 14.5. The van der Waals surface area contributed by atoms with Crippen molar-refractivity contribution in [1.82, 2.24) is 0 Å². The summed E-state index contributed by atoms with van der Waals surface area (Å²) in [7, 11) is 0. The van der Waals surface area contributed by atoms with Crippen molar-refractivity contribution in [2.75, 3.05) is 23.8 Å². The molecule has 0 bridgehead atoms. The van der Waals surface area contributed by atoms with Crippen molar-refractivity contribution in [2.45, 2.75) is 115 Å². The smallest absolute Gasteiger partial charge is 0.449 e. The van der Waals surface area contributed by atoms with Gasteiger partial charge in [0.15, 0.2) is 5.75 Å². The maximum Gasteiger partial charge on any atom is 0.460 e. The topological polar surface area (TPSA) is 85.9 Å². The molecular weight excluding hydrogens is 677 g/mol. The predicted molar refractivity (Wildman–Crippen MR) is 154 cm³/mol. The molecule has 0 fully saturated rings. The Balaban J connectivity index is 3.20. The van der Waals surface area contributed by atoms with Crippen LogP contribution in [-0.4, -0.2) is 49.3 Å². The lowest BCUT2D eigenvalue weighted by atomic mass is 10.0. The van der Waals surface area contributed by atoms with Gasteiger partial charge in [0.2, 0.25) is 5.83 Å². The van der Waals surface area contributed by atoms with E-state index in [1.807, 2.05) is 19.2 Å². The number of halogens is 11. The van der Waals surface area contributed by atoms with Crippen molar-refractivity contribution in [1.29, 1.82) is 0 Å². The molecule has 2 N–H and O–H groups in total. The van der Waals surface area contributed by atoms with Crippen molar-refractivity contribution < 1.29 is 72.1 Å². The molecule has 7 nitrogen and oxygen atoms in total. The lowest BCUT2D eigenvalue weighted by Crippen LogP contribution is -2.61. The number of hydrogen-bond acceptors (Lipinski definition) is 5. The first kappa shape index (κ1) is 42.6. The third kappa shape index (κ3) is 12.5. The summed E-state index contributed by atoms with van der Waals surface area (Å²) in [4.78, 5) is 24.4. The molecule has 18 heteroatoms. The monoisotopic (exact) mass is 716 g/mol. The number of hydrogen-bond donors (Lipinski definition) is 2. The van der Waals surface area contributed by atoms with E-state index in [1.165, 1.54) is 0 Å². The number of ether oxygens (including phenoxy) is 3. The summed E-state index contributed by atoms with van der Waals surface area (Å²) in [5.41, 5.74) is -1.08. The Morgan fingerprint density at radius 1 is 0.646 bits per heavy atom. The van der Waals surface area contributed by atoms with Gasteiger partial charge in [-0.3, -0.25) is 10.6 Å². The Morgan fingerprint density at radius 3 is 1.58 bits per heavy atom. The molecule has 2 amide bonds. The van der Waals surface area contributed by atoms with E-state index in [0.717, 1.165) is 69.9 Å². The number of anilines is 2. The van der Waals surface area contributed by atoms with Gasteiger partial charge in [0.25, 0.3) is 0 Å². The zero-order valence-corrected chi connectivity index (χ0v) is 26.3. The molecule has 0 spiro atoms. The van der Waals surface area contributed by atoms with Crippen LogP contribution in [0.5, 0.6) is 5.75 Å². The van der Waals surface area contributed by atoms with Gasteiger partial charge in [-0.2, -0.15) is 48.3 Å². The van der Waals surface area contributed by atoms with Gasteiger partial charge >= 0.3 is 42.1 Å². The van der Waals surface area contributed by atoms with Crippen molar-refractivity contribution in [3.8, 4) is 5.75 Å². The number of carbonyl (C=O) groups is 2. The largest absolute Gasteiger partial charge is 0.460 e. The number of carbonyl (C=O) groups excluding carboxylic acids is 2. The molecule has 0 unspecified atom stereocenters. The molecule has 1 aromatic rings. The summed E-state index contributed by atoms with van der Waals surface area (Å²) < 4.78 is 162. The molecule has 0 aliphatic carbocycles. The van der Waals surface area contributed by atoms with Crippen molar-refractivity contribution in [3.05, 3.63) is 30.0 Å². The SMILES string of the molecule is CCCCCCCCOC(=O)Nc1ccc(NC(=O)OCCCCCCCC)c(OC(F)=C(F)C(F)(F)C(F)(F)C(F)(F)C(F)(F)F)c1. The van der Waals surface area contributed by atoms with Crippen LogP contribution in [0.4, 0.5) is 69.3 Å². The van der Waals surface area contributed by atoms with Crippen molar-refractivity contribution >= 4 is 23.6 Å². The van der Waals surface area contributed by atoms with Crippen LogP contribution >= 0.6 is 0 Å². The molecule has 0 atom stereocenters. The molecule has 0 radical (unpaired) electrons. The van der Waals surface area contributed by atoms with Crippen LogP contribution in [0, 0.1) is 0 Å². The first-order chi connectivity index (χ1) is 22.3. The number of alkyl halides is 9. The van der Waals surface area contributed by atoms with Gasteiger partial charge < -0.3 is 14.2 Å². The number of allylic oxidation sites excluding steroid dienone is 1. The van der Waals surface area contributed by atoms with E-state index in [1.54, 1.807) is 0 Å². The quantitative estimate of drug-likeness (QED) is 0.0751.